The topological polar surface area (TPSA) is 49.0 Å². The molecule has 5 heteroatoms. The Morgan fingerprint density at radius 2 is 2.16 bits per heavy atom. The van der Waals surface area contributed by atoms with Gasteiger partial charge in [0.2, 0.25) is 0 Å². The van der Waals surface area contributed by atoms with Gasteiger partial charge >= 0.3 is 0 Å². The van der Waals surface area contributed by atoms with Crippen LogP contribution in [0.4, 0.5) is 0 Å². The highest BCUT2D eigenvalue weighted by molar-refractivity contribution is 5.52. The first-order chi connectivity index (χ1) is 9.40. The summed E-state index contributed by atoms with van der Waals surface area (Å²) in [6, 6.07) is 3.98. The molecule has 0 radical (unpaired) electrons. The number of rotatable bonds is 3. The second-order valence-corrected chi connectivity index (χ2v) is 4.66. The SMILES string of the molecule is COCc1ccc2c(c1C1CNCCO1)OCCO2. The van der Waals surface area contributed by atoms with Gasteiger partial charge in [-0.05, 0) is 11.6 Å². The molecule has 0 bridgehead atoms. The van der Waals surface area contributed by atoms with Crippen LogP contribution in [-0.2, 0) is 16.1 Å². The molecular formula is C14H19NO4. The van der Waals surface area contributed by atoms with Crippen molar-refractivity contribution >= 4 is 0 Å². The van der Waals surface area contributed by atoms with Crippen LogP contribution >= 0.6 is 0 Å². The number of hydrogen-bond acceptors (Lipinski definition) is 5. The first-order valence-electron chi connectivity index (χ1n) is 6.63. The lowest BCUT2D eigenvalue weighted by Gasteiger charge is -2.30. The molecule has 1 aromatic rings. The zero-order valence-corrected chi connectivity index (χ0v) is 11.1. The average Bonchev–Trinajstić information content (AvgIpc) is 2.48. The summed E-state index contributed by atoms with van der Waals surface area (Å²) in [6.07, 6.45) is -0.00412. The standard InChI is InChI=1S/C14H19NO4/c1-16-9-10-2-3-11-14(19-7-6-18-11)13(10)12-8-15-4-5-17-12/h2-3,12,15H,4-9H2,1H3. The van der Waals surface area contributed by atoms with Crippen molar-refractivity contribution in [3.63, 3.8) is 0 Å². The third kappa shape index (κ3) is 2.54. The summed E-state index contributed by atoms with van der Waals surface area (Å²) in [5, 5.41) is 3.35. The van der Waals surface area contributed by atoms with Gasteiger partial charge in [0.25, 0.3) is 0 Å². The van der Waals surface area contributed by atoms with Crippen LogP contribution < -0.4 is 14.8 Å². The third-order valence-electron chi connectivity index (χ3n) is 3.39. The van der Waals surface area contributed by atoms with Crippen LogP contribution in [0.5, 0.6) is 11.5 Å². The van der Waals surface area contributed by atoms with Gasteiger partial charge in [-0.3, -0.25) is 0 Å². The number of morpholine rings is 1. The van der Waals surface area contributed by atoms with E-state index in [-0.39, 0.29) is 6.10 Å². The molecule has 2 aliphatic rings. The van der Waals surface area contributed by atoms with E-state index in [9.17, 15) is 0 Å². The Bertz CT molecular complexity index is 443. The molecule has 104 valence electrons. The van der Waals surface area contributed by atoms with Crippen LogP contribution in [0.15, 0.2) is 12.1 Å². The van der Waals surface area contributed by atoms with Gasteiger partial charge in [0.05, 0.1) is 19.3 Å². The van der Waals surface area contributed by atoms with Crippen molar-refractivity contribution in [1.82, 2.24) is 5.32 Å². The number of benzene rings is 1. The Hall–Kier alpha value is -1.30. The summed E-state index contributed by atoms with van der Waals surface area (Å²) in [4.78, 5) is 0. The zero-order chi connectivity index (χ0) is 13.1. The van der Waals surface area contributed by atoms with Crippen molar-refractivity contribution in [1.29, 1.82) is 0 Å². The molecule has 0 spiro atoms. The zero-order valence-electron chi connectivity index (χ0n) is 11.1. The first-order valence-corrected chi connectivity index (χ1v) is 6.63. The number of nitrogens with one attached hydrogen (secondary N) is 1. The van der Waals surface area contributed by atoms with Crippen molar-refractivity contribution in [3.05, 3.63) is 23.3 Å². The molecule has 2 aliphatic heterocycles. The minimum Gasteiger partial charge on any atom is -0.486 e. The van der Waals surface area contributed by atoms with Gasteiger partial charge in [0.15, 0.2) is 11.5 Å². The van der Waals surface area contributed by atoms with Crippen molar-refractivity contribution < 1.29 is 18.9 Å². The molecule has 1 atom stereocenters. The third-order valence-corrected chi connectivity index (χ3v) is 3.39. The van der Waals surface area contributed by atoms with Gasteiger partial charge in [-0.15, -0.1) is 0 Å². The molecular weight excluding hydrogens is 246 g/mol. The van der Waals surface area contributed by atoms with Crippen molar-refractivity contribution in [3.8, 4) is 11.5 Å². The van der Waals surface area contributed by atoms with E-state index in [0.29, 0.717) is 26.4 Å². The molecule has 1 fully saturated rings. The molecule has 1 unspecified atom stereocenters. The maximum atomic E-state index is 5.86. The second-order valence-electron chi connectivity index (χ2n) is 4.66. The molecule has 1 saturated heterocycles. The van der Waals surface area contributed by atoms with Gasteiger partial charge in [-0.25, -0.2) is 0 Å². The molecule has 5 nitrogen and oxygen atoms in total. The van der Waals surface area contributed by atoms with E-state index in [1.807, 2.05) is 12.1 Å². The van der Waals surface area contributed by atoms with E-state index in [0.717, 1.165) is 35.7 Å². The Morgan fingerprint density at radius 1 is 1.26 bits per heavy atom. The van der Waals surface area contributed by atoms with Crippen LogP contribution in [0, 0.1) is 0 Å². The largest absolute Gasteiger partial charge is 0.486 e. The Kier molecular flexibility index (Phi) is 3.87. The minimum absolute atomic E-state index is 0.00412. The lowest BCUT2D eigenvalue weighted by molar-refractivity contribution is 0.0227. The fourth-order valence-corrected chi connectivity index (χ4v) is 2.56. The van der Waals surface area contributed by atoms with Crippen molar-refractivity contribution in [2.45, 2.75) is 12.7 Å². The first kappa shape index (κ1) is 12.7. The molecule has 2 heterocycles. The molecule has 0 amide bonds. The fourth-order valence-electron chi connectivity index (χ4n) is 2.56. The highest BCUT2D eigenvalue weighted by Crippen LogP contribution is 2.41. The molecule has 1 N–H and O–H groups in total. The van der Waals surface area contributed by atoms with Crippen LogP contribution in [0.2, 0.25) is 0 Å². The van der Waals surface area contributed by atoms with Crippen LogP contribution in [0.3, 0.4) is 0 Å². The number of fused-ring (bicyclic) bond motifs is 1. The number of methoxy groups -OCH3 is 1. The maximum Gasteiger partial charge on any atom is 0.167 e. The van der Waals surface area contributed by atoms with E-state index < -0.39 is 0 Å². The number of ether oxygens (including phenoxy) is 4. The fraction of sp³-hybridized carbons (Fsp3) is 0.571. The summed E-state index contributed by atoms with van der Waals surface area (Å²) in [5.41, 5.74) is 2.16. The predicted octanol–water partition coefficient (Wildman–Crippen LogP) is 1.27. The minimum atomic E-state index is -0.00412. The normalized spacial score (nSPS) is 22.3. The lowest BCUT2D eigenvalue weighted by atomic mass is 9.99. The van der Waals surface area contributed by atoms with E-state index in [2.05, 4.69) is 5.32 Å². The molecule has 3 rings (SSSR count). The van der Waals surface area contributed by atoms with Gasteiger partial charge in [0, 0.05) is 25.8 Å². The smallest absolute Gasteiger partial charge is 0.167 e. The van der Waals surface area contributed by atoms with E-state index in [1.165, 1.54) is 0 Å². The maximum absolute atomic E-state index is 5.86. The molecule has 0 aliphatic carbocycles. The Balaban J connectivity index is 2.01. The second kappa shape index (κ2) is 5.77. The number of hydrogen-bond donors (Lipinski definition) is 1. The van der Waals surface area contributed by atoms with Crippen LogP contribution in [0.1, 0.15) is 17.2 Å². The van der Waals surface area contributed by atoms with Gasteiger partial charge in [-0.2, -0.15) is 0 Å². The molecule has 0 aromatic heterocycles. The predicted molar refractivity (Wildman–Crippen MR) is 69.7 cm³/mol. The quantitative estimate of drug-likeness (QED) is 0.891. The van der Waals surface area contributed by atoms with E-state index in [4.69, 9.17) is 18.9 Å². The van der Waals surface area contributed by atoms with Gasteiger partial charge in [0.1, 0.15) is 13.2 Å². The molecule has 0 saturated carbocycles. The summed E-state index contributed by atoms with van der Waals surface area (Å²) < 4.78 is 22.6. The van der Waals surface area contributed by atoms with Crippen molar-refractivity contribution in [2.75, 3.05) is 40.0 Å². The summed E-state index contributed by atoms with van der Waals surface area (Å²) in [7, 11) is 1.70. The average molecular weight is 265 g/mol. The highest BCUT2D eigenvalue weighted by atomic mass is 16.6. The van der Waals surface area contributed by atoms with E-state index >= 15 is 0 Å². The van der Waals surface area contributed by atoms with Crippen LogP contribution in [-0.4, -0.2) is 40.0 Å². The van der Waals surface area contributed by atoms with E-state index in [1.54, 1.807) is 7.11 Å². The van der Waals surface area contributed by atoms with Gasteiger partial charge in [-0.1, -0.05) is 6.07 Å². The Morgan fingerprint density at radius 3 is 2.95 bits per heavy atom. The Labute approximate surface area is 112 Å². The summed E-state index contributed by atoms with van der Waals surface area (Å²) >= 11 is 0. The lowest BCUT2D eigenvalue weighted by Crippen LogP contribution is -2.34. The van der Waals surface area contributed by atoms with Gasteiger partial charge < -0.3 is 24.3 Å². The summed E-state index contributed by atoms with van der Waals surface area (Å²) in [5.74, 6) is 1.62. The highest BCUT2D eigenvalue weighted by Gasteiger charge is 2.27. The summed E-state index contributed by atoms with van der Waals surface area (Å²) in [6.45, 7) is 4.11. The molecule has 1 aromatic carbocycles. The molecule has 19 heavy (non-hydrogen) atoms. The van der Waals surface area contributed by atoms with Crippen molar-refractivity contribution in [2.24, 2.45) is 0 Å². The monoisotopic (exact) mass is 265 g/mol. The van der Waals surface area contributed by atoms with Crippen LogP contribution in [0.25, 0.3) is 0 Å².